The molecule has 0 aromatic heterocycles. The van der Waals surface area contributed by atoms with E-state index in [1.54, 1.807) is 4.90 Å². The summed E-state index contributed by atoms with van der Waals surface area (Å²) in [7, 11) is 0. The molecule has 2 fully saturated rings. The maximum Gasteiger partial charge on any atom is 0.227 e. The lowest BCUT2D eigenvalue weighted by Gasteiger charge is -2.26. The van der Waals surface area contributed by atoms with Crippen molar-refractivity contribution < 1.29 is 23.8 Å². The molecule has 0 radical (unpaired) electrons. The molecule has 0 spiro atoms. The predicted molar refractivity (Wildman–Crippen MR) is 98.2 cm³/mol. The molecular formula is C19H25N3O5. The second-order valence-electron chi connectivity index (χ2n) is 6.98. The van der Waals surface area contributed by atoms with Crippen LogP contribution in [0.15, 0.2) is 18.2 Å². The maximum absolute atomic E-state index is 12.5. The summed E-state index contributed by atoms with van der Waals surface area (Å²) in [6.45, 7) is 6.10. The molecule has 2 amide bonds. The summed E-state index contributed by atoms with van der Waals surface area (Å²) in [6.07, 6.45) is 0.234. The fraction of sp³-hybridized carbons (Fsp3) is 0.579. The van der Waals surface area contributed by atoms with Crippen LogP contribution in [0.25, 0.3) is 0 Å². The number of nitrogens with zero attached hydrogens (tertiary/aromatic N) is 2. The fourth-order valence-electron chi connectivity index (χ4n) is 3.64. The van der Waals surface area contributed by atoms with Gasteiger partial charge in [-0.05, 0) is 12.1 Å². The number of rotatable bonds is 5. The number of morpholine rings is 1. The molecule has 3 aliphatic heterocycles. The van der Waals surface area contributed by atoms with Crippen molar-refractivity contribution in [1.29, 1.82) is 0 Å². The van der Waals surface area contributed by atoms with Crippen molar-refractivity contribution in [1.82, 2.24) is 10.2 Å². The lowest BCUT2D eigenvalue weighted by atomic mass is 10.1. The number of fused-ring (bicyclic) bond motifs is 1. The van der Waals surface area contributed by atoms with E-state index in [0.29, 0.717) is 37.8 Å². The van der Waals surface area contributed by atoms with Crippen molar-refractivity contribution in [3.63, 3.8) is 0 Å². The number of hydrogen-bond donors (Lipinski definition) is 1. The number of benzene rings is 1. The molecule has 2 saturated heterocycles. The van der Waals surface area contributed by atoms with Gasteiger partial charge in [-0.1, -0.05) is 0 Å². The minimum absolute atomic E-state index is 0.0417. The van der Waals surface area contributed by atoms with Gasteiger partial charge >= 0.3 is 0 Å². The maximum atomic E-state index is 12.5. The van der Waals surface area contributed by atoms with Crippen LogP contribution in [0, 0.1) is 5.92 Å². The summed E-state index contributed by atoms with van der Waals surface area (Å²) in [6, 6.07) is 5.46. The first kappa shape index (κ1) is 18.1. The summed E-state index contributed by atoms with van der Waals surface area (Å²) >= 11 is 0. The zero-order chi connectivity index (χ0) is 18.6. The van der Waals surface area contributed by atoms with Gasteiger partial charge in [0.25, 0.3) is 0 Å². The van der Waals surface area contributed by atoms with E-state index in [0.717, 1.165) is 38.5 Å². The Bertz CT molecular complexity index is 705. The predicted octanol–water partition coefficient (Wildman–Crippen LogP) is 0.259. The van der Waals surface area contributed by atoms with Crippen LogP contribution >= 0.6 is 0 Å². The van der Waals surface area contributed by atoms with E-state index in [1.165, 1.54) is 0 Å². The molecule has 3 heterocycles. The monoisotopic (exact) mass is 375 g/mol. The number of carbonyl (C=O) groups excluding carboxylic acids is 2. The number of ether oxygens (including phenoxy) is 3. The van der Waals surface area contributed by atoms with Crippen LogP contribution in [0.4, 0.5) is 5.69 Å². The van der Waals surface area contributed by atoms with Gasteiger partial charge in [0, 0.05) is 50.9 Å². The summed E-state index contributed by atoms with van der Waals surface area (Å²) < 4.78 is 16.4. The standard InChI is InChI=1S/C19H25N3O5/c23-18-11-14(19(24)20-3-4-21-5-7-25-8-6-21)13-22(18)15-1-2-16-17(12-15)27-10-9-26-16/h1-2,12,14H,3-11,13H2,(H,20,24). The first-order valence-electron chi connectivity index (χ1n) is 9.48. The highest BCUT2D eigenvalue weighted by Crippen LogP contribution is 2.35. The van der Waals surface area contributed by atoms with Gasteiger partial charge < -0.3 is 24.4 Å². The Balaban J connectivity index is 1.31. The van der Waals surface area contributed by atoms with Crippen molar-refractivity contribution in [3.8, 4) is 11.5 Å². The van der Waals surface area contributed by atoms with E-state index in [4.69, 9.17) is 14.2 Å². The molecular weight excluding hydrogens is 350 g/mol. The molecule has 27 heavy (non-hydrogen) atoms. The number of carbonyl (C=O) groups is 2. The highest BCUT2D eigenvalue weighted by molar-refractivity contribution is 6.00. The Morgan fingerprint density at radius 1 is 1.11 bits per heavy atom. The van der Waals surface area contributed by atoms with Gasteiger partial charge in [0.2, 0.25) is 11.8 Å². The SMILES string of the molecule is O=C(NCCN1CCOCC1)C1CC(=O)N(c2ccc3c(c2)OCCO3)C1. The molecule has 1 N–H and O–H groups in total. The molecule has 0 saturated carbocycles. The quantitative estimate of drug-likeness (QED) is 0.795. The number of anilines is 1. The molecule has 4 rings (SSSR count). The molecule has 0 aliphatic carbocycles. The van der Waals surface area contributed by atoms with Gasteiger partial charge in [-0.15, -0.1) is 0 Å². The summed E-state index contributed by atoms with van der Waals surface area (Å²) in [5.74, 6) is 0.908. The molecule has 1 aromatic carbocycles. The largest absolute Gasteiger partial charge is 0.486 e. The molecule has 1 unspecified atom stereocenters. The number of nitrogens with one attached hydrogen (secondary N) is 1. The lowest BCUT2D eigenvalue weighted by molar-refractivity contribution is -0.126. The molecule has 8 heteroatoms. The van der Waals surface area contributed by atoms with Crippen molar-refractivity contribution in [2.75, 3.05) is 64.1 Å². The molecule has 146 valence electrons. The third kappa shape index (κ3) is 4.17. The smallest absolute Gasteiger partial charge is 0.227 e. The zero-order valence-corrected chi connectivity index (χ0v) is 15.3. The van der Waals surface area contributed by atoms with Gasteiger partial charge in [-0.3, -0.25) is 14.5 Å². The second kappa shape index (κ2) is 8.14. The van der Waals surface area contributed by atoms with Gasteiger partial charge in [-0.25, -0.2) is 0 Å². The first-order valence-corrected chi connectivity index (χ1v) is 9.48. The fourth-order valence-corrected chi connectivity index (χ4v) is 3.64. The minimum atomic E-state index is -0.324. The lowest BCUT2D eigenvalue weighted by Crippen LogP contribution is -2.42. The number of amides is 2. The normalized spacial score (nSPS) is 22.7. The van der Waals surface area contributed by atoms with Crippen molar-refractivity contribution in [3.05, 3.63) is 18.2 Å². The van der Waals surface area contributed by atoms with Gasteiger partial charge in [0.1, 0.15) is 13.2 Å². The molecule has 1 aromatic rings. The van der Waals surface area contributed by atoms with Crippen LogP contribution in [0.5, 0.6) is 11.5 Å². The Hall–Kier alpha value is -2.32. The van der Waals surface area contributed by atoms with Gasteiger partial charge in [-0.2, -0.15) is 0 Å². The molecule has 3 aliphatic rings. The Labute approximate surface area is 158 Å². The minimum Gasteiger partial charge on any atom is -0.486 e. The molecule has 1 atom stereocenters. The number of hydrogen-bond acceptors (Lipinski definition) is 6. The van der Waals surface area contributed by atoms with Gasteiger partial charge in [0.05, 0.1) is 19.1 Å². The van der Waals surface area contributed by atoms with E-state index < -0.39 is 0 Å². The van der Waals surface area contributed by atoms with Crippen LogP contribution in [-0.2, 0) is 14.3 Å². The first-order chi connectivity index (χ1) is 13.2. The Morgan fingerprint density at radius 2 is 1.89 bits per heavy atom. The third-order valence-electron chi connectivity index (χ3n) is 5.16. The van der Waals surface area contributed by atoms with E-state index in [9.17, 15) is 9.59 Å². The van der Waals surface area contributed by atoms with Crippen LogP contribution in [0.1, 0.15) is 6.42 Å². The van der Waals surface area contributed by atoms with Crippen LogP contribution in [-0.4, -0.2) is 75.9 Å². The average Bonchev–Trinajstić information content (AvgIpc) is 3.10. The third-order valence-corrected chi connectivity index (χ3v) is 5.16. The summed E-state index contributed by atoms with van der Waals surface area (Å²) in [5, 5.41) is 2.97. The van der Waals surface area contributed by atoms with Crippen LogP contribution in [0.3, 0.4) is 0 Å². The second-order valence-corrected chi connectivity index (χ2v) is 6.98. The molecule has 8 nitrogen and oxygen atoms in total. The van der Waals surface area contributed by atoms with Crippen molar-refractivity contribution in [2.24, 2.45) is 5.92 Å². The highest BCUT2D eigenvalue weighted by Gasteiger charge is 2.35. The van der Waals surface area contributed by atoms with Crippen molar-refractivity contribution in [2.45, 2.75) is 6.42 Å². The van der Waals surface area contributed by atoms with Crippen LogP contribution < -0.4 is 19.7 Å². The summed E-state index contributed by atoms with van der Waals surface area (Å²) in [5.41, 5.74) is 0.743. The Morgan fingerprint density at radius 3 is 2.70 bits per heavy atom. The van der Waals surface area contributed by atoms with E-state index in [-0.39, 0.29) is 24.2 Å². The Kier molecular flexibility index (Phi) is 5.45. The van der Waals surface area contributed by atoms with Crippen LogP contribution in [0.2, 0.25) is 0 Å². The molecule has 0 bridgehead atoms. The summed E-state index contributed by atoms with van der Waals surface area (Å²) in [4.78, 5) is 28.8. The van der Waals surface area contributed by atoms with E-state index >= 15 is 0 Å². The topological polar surface area (TPSA) is 80.3 Å². The zero-order valence-electron chi connectivity index (χ0n) is 15.3. The van der Waals surface area contributed by atoms with Gasteiger partial charge in [0.15, 0.2) is 11.5 Å². The van der Waals surface area contributed by atoms with E-state index in [1.807, 2.05) is 18.2 Å². The average molecular weight is 375 g/mol. The highest BCUT2D eigenvalue weighted by atomic mass is 16.6. The van der Waals surface area contributed by atoms with E-state index in [2.05, 4.69) is 10.2 Å². The van der Waals surface area contributed by atoms with Crippen molar-refractivity contribution >= 4 is 17.5 Å².